The van der Waals surface area contributed by atoms with Crippen LogP contribution in [0.3, 0.4) is 0 Å². The molecule has 0 aliphatic carbocycles. The van der Waals surface area contributed by atoms with Crippen LogP contribution in [0.5, 0.6) is 5.75 Å². The molecule has 0 bridgehead atoms. The topological polar surface area (TPSA) is 26.3 Å². The van der Waals surface area contributed by atoms with Crippen molar-refractivity contribution in [3.05, 3.63) is 62.3 Å². The molecule has 2 nitrogen and oxygen atoms in total. The molecule has 2 rings (SSSR count). The highest BCUT2D eigenvalue weighted by atomic mass is 79.9. The van der Waals surface area contributed by atoms with Crippen LogP contribution in [0.2, 0.25) is 0 Å². The van der Waals surface area contributed by atoms with Crippen molar-refractivity contribution in [2.75, 3.05) is 6.61 Å². The van der Waals surface area contributed by atoms with Gasteiger partial charge in [0.15, 0.2) is 5.78 Å². The summed E-state index contributed by atoms with van der Waals surface area (Å²) in [5.41, 5.74) is 0.344. The van der Waals surface area contributed by atoms with E-state index in [2.05, 4.69) is 31.9 Å². The molecule has 0 atom stereocenters. The van der Waals surface area contributed by atoms with Gasteiger partial charge in [-0.2, -0.15) is 0 Å². The van der Waals surface area contributed by atoms with E-state index < -0.39 is 11.6 Å². The van der Waals surface area contributed by atoms with Crippen LogP contribution in [0.1, 0.15) is 22.8 Å². The number of carbonyl (C=O) groups is 1. The van der Waals surface area contributed by atoms with Crippen LogP contribution >= 0.6 is 31.9 Å². The van der Waals surface area contributed by atoms with E-state index in [9.17, 15) is 9.18 Å². The molecule has 104 valence electrons. The number of halogens is 3. The van der Waals surface area contributed by atoms with E-state index in [1.54, 1.807) is 24.3 Å². The van der Waals surface area contributed by atoms with Crippen LogP contribution in [0, 0.1) is 5.82 Å². The maximum Gasteiger partial charge on any atom is 0.199 e. The van der Waals surface area contributed by atoms with E-state index in [-0.39, 0.29) is 5.56 Å². The number of ether oxygens (including phenoxy) is 1. The van der Waals surface area contributed by atoms with Gasteiger partial charge in [0, 0.05) is 8.95 Å². The molecule has 0 fully saturated rings. The van der Waals surface area contributed by atoms with Crippen LogP contribution in [-0.2, 0) is 0 Å². The fraction of sp³-hybridized carbons (Fsp3) is 0.133. The van der Waals surface area contributed by atoms with Crippen LogP contribution in [-0.4, -0.2) is 12.4 Å². The molecule has 0 aliphatic rings. The van der Waals surface area contributed by atoms with Crippen LogP contribution in [0.4, 0.5) is 4.39 Å². The summed E-state index contributed by atoms with van der Waals surface area (Å²) >= 11 is 6.55. The minimum atomic E-state index is -0.555. The van der Waals surface area contributed by atoms with Crippen molar-refractivity contribution in [2.45, 2.75) is 6.92 Å². The highest BCUT2D eigenvalue weighted by Gasteiger charge is 2.19. The highest BCUT2D eigenvalue weighted by molar-refractivity contribution is 9.10. The SMILES string of the molecule is CCOc1ccc(Br)cc1C(=O)c1cc(Br)ccc1F. The summed E-state index contributed by atoms with van der Waals surface area (Å²) in [6, 6.07) is 9.38. The maximum atomic E-state index is 13.8. The van der Waals surface area contributed by atoms with Gasteiger partial charge in [-0.15, -0.1) is 0 Å². The van der Waals surface area contributed by atoms with Gasteiger partial charge in [-0.1, -0.05) is 31.9 Å². The van der Waals surface area contributed by atoms with E-state index in [4.69, 9.17) is 4.74 Å². The van der Waals surface area contributed by atoms with E-state index in [0.717, 1.165) is 4.47 Å². The van der Waals surface area contributed by atoms with Crippen molar-refractivity contribution < 1.29 is 13.9 Å². The quantitative estimate of drug-likeness (QED) is 0.675. The first-order valence-corrected chi connectivity index (χ1v) is 7.53. The fourth-order valence-electron chi connectivity index (χ4n) is 1.78. The highest BCUT2D eigenvalue weighted by Crippen LogP contribution is 2.27. The summed E-state index contributed by atoms with van der Waals surface area (Å²) in [6.07, 6.45) is 0. The van der Waals surface area contributed by atoms with Gasteiger partial charge in [0.1, 0.15) is 11.6 Å². The molecule has 0 N–H and O–H groups in total. The smallest absolute Gasteiger partial charge is 0.199 e. The summed E-state index contributed by atoms with van der Waals surface area (Å²) in [6.45, 7) is 2.26. The monoisotopic (exact) mass is 400 g/mol. The van der Waals surface area contributed by atoms with Gasteiger partial charge >= 0.3 is 0 Å². The predicted molar refractivity (Wildman–Crippen MR) is 82.8 cm³/mol. The lowest BCUT2D eigenvalue weighted by Gasteiger charge is -2.10. The number of benzene rings is 2. The summed E-state index contributed by atoms with van der Waals surface area (Å²) in [7, 11) is 0. The first-order chi connectivity index (χ1) is 9.52. The Bertz CT molecular complexity index is 656. The Hall–Kier alpha value is -1.20. The van der Waals surface area contributed by atoms with Crippen LogP contribution in [0.25, 0.3) is 0 Å². The van der Waals surface area contributed by atoms with Crippen molar-refractivity contribution in [1.82, 2.24) is 0 Å². The Morgan fingerprint density at radius 2 is 1.70 bits per heavy atom. The first-order valence-electron chi connectivity index (χ1n) is 5.95. The lowest BCUT2D eigenvalue weighted by molar-refractivity contribution is 0.103. The Kier molecular flexibility index (Phi) is 4.94. The third-order valence-electron chi connectivity index (χ3n) is 2.66. The third-order valence-corrected chi connectivity index (χ3v) is 3.65. The van der Waals surface area contributed by atoms with Crippen molar-refractivity contribution in [3.8, 4) is 5.75 Å². The van der Waals surface area contributed by atoms with Gasteiger partial charge in [0.05, 0.1) is 17.7 Å². The van der Waals surface area contributed by atoms with Gasteiger partial charge in [-0.25, -0.2) is 4.39 Å². The average molecular weight is 402 g/mol. The first kappa shape index (κ1) is 15.2. The molecule has 20 heavy (non-hydrogen) atoms. The normalized spacial score (nSPS) is 10.4. The lowest BCUT2D eigenvalue weighted by Crippen LogP contribution is -2.07. The second-order valence-corrected chi connectivity index (χ2v) is 5.86. The van der Waals surface area contributed by atoms with E-state index in [0.29, 0.717) is 22.4 Å². The van der Waals surface area contributed by atoms with Gasteiger partial charge in [0.2, 0.25) is 0 Å². The van der Waals surface area contributed by atoms with E-state index in [1.807, 2.05) is 6.92 Å². The Labute approximate surface area is 133 Å². The predicted octanol–water partition coefficient (Wildman–Crippen LogP) is 4.98. The molecule has 2 aromatic rings. The molecular weight excluding hydrogens is 391 g/mol. The number of hydrogen-bond donors (Lipinski definition) is 0. The summed E-state index contributed by atoms with van der Waals surface area (Å²) in [5.74, 6) is -0.519. The minimum absolute atomic E-state index is 0.0124. The maximum absolute atomic E-state index is 13.8. The van der Waals surface area contributed by atoms with Crippen LogP contribution < -0.4 is 4.74 Å². The zero-order valence-electron chi connectivity index (χ0n) is 10.6. The summed E-state index contributed by atoms with van der Waals surface area (Å²) < 4.78 is 20.6. The lowest BCUT2D eigenvalue weighted by atomic mass is 10.0. The fourth-order valence-corrected chi connectivity index (χ4v) is 2.50. The number of ketones is 1. The minimum Gasteiger partial charge on any atom is -0.493 e. The zero-order valence-corrected chi connectivity index (χ0v) is 13.8. The van der Waals surface area contributed by atoms with E-state index >= 15 is 0 Å². The summed E-state index contributed by atoms with van der Waals surface area (Å²) in [5, 5.41) is 0. The molecular formula is C15H11Br2FO2. The molecule has 2 aromatic carbocycles. The molecule has 0 unspecified atom stereocenters. The molecule has 0 spiro atoms. The second kappa shape index (κ2) is 6.50. The number of hydrogen-bond acceptors (Lipinski definition) is 2. The van der Waals surface area contributed by atoms with Crippen molar-refractivity contribution in [1.29, 1.82) is 0 Å². The largest absolute Gasteiger partial charge is 0.493 e. The van der Waals surface area contributed by atoms with Crippen molar-refractivity contribution in [2.24, 2.45) is 0 Å². The second-order valence-electron chi connectivity index (χ2n) is 4.03. The Balaban J connectivity index is 2.52. The Morgan fingerprint density at radius 1 is 1.10 bits per heavy atom. The molecule has 0 saturated heterocycles. The van der Waals surface area contributed by atoms with Gasteiger partial charge < -0.3 is 4.74 Å². The Morgan fingerprint density at radius 3 is 2.35 bits per heavy atom. The third kappa shape index (κ3) is 3.27. The van der Waals surface area contributed by atoms with Gasteiger partial charge in [-0.3, -0.25) is 4.79 Å². The van der Waals surface area contributed by atoms with Crippen molar-refractivity contribution in [3.63, 3.8) is 0 Å². The van der Waals surface area contributed by atoms with E-state index in [1.165, 1.54) is 12.1 Å². The zero-order chi connectivity index (χ0) is 14.7. The molecule has 0 amide bonds. The molecule has 0 aromatic heterocycles. The molecule has 0 heterocycles. The molecule has 0 radical (unpaired) electrons. The molecule has 0 aliphatic heterocycles. The average Bonchev–Trinajstić information content (AvgIpc) is 2.43. The number of rotatable bonds is 4. The molecule has 0 saturated carbocycles. The standard InChI is InChI=1S/C15H11Br2FO2/c1-2-20-14-6-4-10(17)8-12(14)15(19)11-7-9(16)3-5-13(11)18/h3-8H,2H2,1H3. The van der Waals surface area contributed by atoms with Crippen molar-refractivity contribution >= 4 is 37.6 Å². The van der Waals surface area contributed by atoms with Crippen LogP contribution in [0.15, 0.2) is 45.3 Å². The molecule has 5 heteroatoms. The van der Waals surface area contributed by atoms with Gasteiger partial charge in [-0.05, 0) is 43.3 Å². The summed E-state index contributed by atoms with van der Waals surface area (Å²) in [4.78, 5) is 12.5. The van der Waals surface area contributed by atoms with Gasteiger partial charge in [0.25, 0.3) is 0 Å². The number of carbonyl (C=O) groups excluding carboxylic acids is 1.